The summed E-state index contributed by atoms with van der Waals surface area (Å²) in [4.78, 5) is 25.0. The van der Waals surface area contributed by atoms with E-state index in [4.69, 9.17) is 42.1 Å². The van der Waals surface area contributed by atoms with E-state index in [9.17, 15) is 9.59 Å². The predicted molar refractivity (Wildman–Crippen MR) is 126 cm³/mol. The number of Topliss-reactive ketones (excluding diaryl/α,β-unsaturated/α-hetero) is 1. The topological polar surface area (TPSA) is 108 Å². The molecule has 1 atom stereocenters. The van der Waals surface area contributed by atoms with Crippen molar-refractivity contribution in [3.05, 3.63) is 34.3 Å². The molecule has 0 aliphatic heterocycles. The van der Waals surface area contributed by atoms with E-state index < -0.39 is 17.7 Å². The SMILES string of the molecule is CCOc1ccc(NC(=O)C(N=Nc2cc(Cl)cc(OC)c2OC)C(C)=O)c(Cl)c1OCC. The fourth-order valence-electron chi connectivity index (χ4n) is 2.81. The highest BCUT2D eigenvalue weighted by Crippen LogP contribution is 2.41. The number of azo groups is 1. The van der Waals surface area contributed by atoms with Gasteiger partial charge in [-0.1, -0.05) is 23.2 Å². The lowest BCUT2D eigenvalue weighted by molar-refractivity contribution is -0.126. The van der Waals surface area contributed by atoms with E-state index in [-0.39, 0.29) is 27.9 Å². The first-order chi connectivity index (χ1) is 15.8. The average Bonchev–Trinajstić information content (AvgIpc) is 2.77. The summed E-state index contributed by atoms with van der Waals surface area (Å²) < 4.78 is 21.6. The maximum absolute atomic E-state index is 12.9. The van der Waals surface area contributed by atoms with Crippen molar-refractivity contribution in [1.29, 1.82) is 0 Å². The van der Waals surface area contributed by atoms with E-state index in [1.807, 2.05) is 6.92 Å². The maximum atomic E-state index is 12.9. The second-order valence-electron chi connectivity index (χ2n) is 6.50. The van der Waals surface area contributed by atoms with Gasteiger partial charge in [-0.15, -0.1) is 0 Å². The second-order valence-corrected chi connectivity index (χ2v) is 7.31. The zero-order valence-electron chi connectivity index (χ0n) is 18.9. The third-order valence-corrected chi connectivity index (χ3v) is 4.84. The van der Waals surface area contributed by atoms with Crippen molar-refractivity contribution < 1.29 is 28.5 Å². The van der Waals surface area contributed by atoms with E-state index in [2.05, 4.69) is 15.5 Å². The molecule has 0 spiro atoms. The van der Waals surface area contributed by atoms with E-state index in [0.717, 1.165) is 0 Å². The van der Waals surface area contributed by atoms with Crippen molar-refractivity contribution in [1.82, 2.24) is 0 Å². The van der Waals surface area contributed by atoms with E-state index in [1.54, 1.807) is 25.1 Å². The molecule has 0 aliphatic rings. The monoisotopic (exact) mass is 497 g/mol. The van der Waals surface area contributed by atoms with Crippen molar-refractivity contribution in [2.24, 2.45) is 10.2 Å². The number of benzene rings is 2. The number of hydrogen-bond donors (Lipinski definition) is 1. The fraction of sp³-hybridized carbons (Fsp3) is 0.364. The summed E-state index contributed by atoms with van der Waals surface area (Å²) in [5.41, 5.74) is 0.427. The van der Waals surface area contributed by atoms with Crippen LogP contribution in [-0.2, 0) is 9.59 Å². The highest BCUT2D eigenvalue weighted by Gasteiger charge is 2.25. The van der Waals surface area contributed by atoms with Gasteiger partial charge in [-0.3, -0.25) is 9.59 Å². The van der Waals surface area contributed by atoms with Crippen LogP contribution in [0.15, 0.2) is 34.5 Å². The van der Waals surface area contributed by atoms with Gasteiger partial charge in [0.05, 0.1) is 33.1 Å². The lowest BCUT2D eigenvalue weighted by Crippen LogP contribution is -2.32. The Kier molecular flexibility index (Phi) is 9.74. The molecule has 0 aliphatic carbocycles. The summed E-state index contributed by atoms with van der Waals surface area (Å²) in [5.74, 6) is 0.0448. The van der Waals surface area contributed by atoms with Crippen LogP contribution < -0.4 is 24.3 Å². The molecule has 0 radical (unpaired) electrons. The number of carbonyl (C=O) groups is 2. The van der Waals surface area contributed by atoms with Crippen LogP contribution in [0.5, 0.6) is 23.0 Å². The van der Waals surface area contributed by atoms with E-state index in [1.165, 1.54) is 27.2 Å². The highest BCUT2D eigenvalue weighted by atomic mass is 35.5. The molecule has 9 nitrogen and oxygen atoms in total. The molecule has 33 heavy (non-hydrogen) atoms. The van der Waals surface area contributed by atoms with Crippen LogP contribution >= 0.6 is 23.2 Å². The van der Waals surface area contributed by atoms with Crippen molar-refractivity contribution in [3.63, 3.8) is 0 Å². The van der Waals surface area contributed by atoms with Gasteiger partial charge in [-0.05, 0) is 39.0 Å². The number of carbonyl (C=O) groups excluding carboxylic acids is 2. The van der Waals surface area contributed by atoms with Gasteiger partial charge in [0.1, 0.15) is 10.7 Å². The van der Waals surface area contributed by atoms with Crippen LogP contribution in [0, 0.1) is 0 Å². The zero-order chi connectivity index (χ0) is 24.5. The number of nitrogens with zero attached hydrogens (tertiary/aromatic N) is 2. The summed E-state index contributed by atoms with van der Waals surface area (Å²) >= 11 is 12.5. The molecule has 0 aromatic heterocycles. The molecular weight excluding hydrogens is 473 g/mol. The number of amides is 1. The summed E-state index contributed by atoms with van der Waals surface area (Å²) in [7, 11) is 2.86. The molecule has 1 amide bonds. The van der Waals surface area contributed by atoms with E-state index in [0.29, 0.717) is 29.7 Å². The number of methoxy groups -OCH3 is 2. The smallest absolute Gasteiger partial charge is 0.258 e. The number of ether oxygens (including phenoxy) is 4. The first kappa shape index (κ1) is 26.2. The number of hydrogen-bond acceptors (Lipinski definition) is 8. The molecule has 178 valence electrons. The Morgan fingerprint density at radius 1 is 1.00 bits per heavy atom. The fourth-order valence-corrected chi connectivity index (χ4v) is 3.27. The quantitative estimate of drug-likeness (QED) is 0.324. The molecule has 0 saturated carbocycles. The lowest BCUT2D eigenvalue weighted by Gasteiger charge is -2.16. The minimum Gasteiger partial charge on any atom is -0.493 e. The second kappa shape index (κ2) is 12.3. The van der Waals surface area contributed by atoms with Crippen LogP contribution in [0.1, 0.15) is 20.8 Å². The number of rotatable bonds is 11. The van der Waals surface area contributed by atoms with Gasteiger partial charge in [0, 0.05) is 11.1 Å². The molecule has 0 bridgehead atoms. The standard InChI is InChI=1S/C22H25Cl2N3O6/c1-6-32-16-9-8-14(18(24)21(16)33-7-2)25-22(29)19(12(3)28)27-26-15-10-13(23)11-17(30-4)20(15)31-5/h8-11,19H,6-7H2,1-5H3,(H,25,29). The number of nitrogens with one attached hydrogen (secondary N) is 1. The van der Waals surface area contributed by atoms with Gasteiger partial charge in [-0.2, -0.15) is 10.2 Å². The van der Waals surface area contributed by atoms with Gasteiger partial charge in [-0.25, -0.2) is 0 Å². The maximum Gasteiger partial charge on any atom is 0.258 e. The van der Waals surface area contributed by atoms with Gasteiger partial charge in [0.25, 0.3) is 5.91 Å². The Bertz CT molecular complexity index is 1050. The minimum absolute atomic E-state index is 0.136. The van der Waals surface area contributed by atoms with Crippen LogP contribution in [0.25, 0.3) is 0 Å². The van der Waals surface area contributed by atoms with Gasteiger partial charge < -0.3 is 24.3 Å². The Labute approximate surface area is 202 Å². The minimum atomic E-state index is -1.45. The third kappa shape index (κ3) is 6.49. The van der Waals surface area contributed by atoms with Gasteiger partial charge in [0.15, 0.2) is 28.8 Å². The van der Waals surface area contributed by atoms with Crippen molar-refractivity contribution in [2.75, 3.05) is 32.8 Å². The van der Waals surface area contributed by atoms with E-state index >= 15 is 0 Å². The summed E-state index contributed by atoms with van der Waals surface area (Å²) in [6.07, 6.45) is 0. The number of anilines is 1. The van der Waals surface area contributed by atoms with Crippen LogP contribution in [0.4, 0.5) is 11.4 Å². The molecule has 1 N–H and O–H groups in total. The molecular formula is C22H25Cl2N3O6. The highest BCUT2D eigenvalue weighted by molar-refractivity contribution is 6.35. The molecule has 2 rings (SSSR count). The molecule has 2 aromatic rings. The summed E-state index contributed by atoms with van der Waals surface area (Å²) in [5, 5.41) is 11.0. The molecule has 2 aromatic carbocycles. The van der Waals surface area contributed by atoms with Crippen molar-refractivity contribution >= 4 is 46.3 Å². The number of ketones is 1. The average molecular weight is 498 g/mol. The predicted octanol–water partition coefficient (Wildman–Crippen LogP) is 5.49. The largest absolute Gasteiger partial charge is 0.493 e. The van der Waals surface area contributed by atoms with Crippen LogP contribution in [-0.4, -0.2) is 45.2 Å². The first-order valence-corrected chi connectivity index (χ1v) is 10.7. The summed E-state index contributed by atoms with van der Waals surface area (Å²) in [6.45, 7) is 5.60. The third-order valence-electron chi connectivity index (χ3n) is 4.25. The van der Waals surface area contributed by atoms with Gasteiger partial charge >= 0.3 is 0 Å². The normalized spacial score (nSPS) is 11.7. The van der Waals surface area contributed by atoms with Crippen molar-refractivity contribution in [2.45, 2.75) is 26.8 Å². The van der Waals surface area contributed by atoms with Crippen molar-refractivity contribution in [3.8, 4) is 23.0 Å². The zero-order valence-corrected chi connectivity index (χ0v) is 20.4. The Morgan fingerprint density at radius 3 is 2.27 bits per heavy atom. The summed E-state index contributed by atoms with van der Waals surface area (Å²) in [6, 6.07) is 4.73. The first-order valence-electron chi connectivity index (χ1n) is 9.99. The Morgan fingerprint density at radius 2 is 1.70 bits per heavy atom. The van der Waals surface area contributed by atoms with Crippen LogP contribution in [0.3, 0.4) is 0 Å². The molecule has 0 fully saturated rings. The molecule has 11 heteroatoms. The Hall–Kier alpha value is -3.04. The molecule has 1 unspecified atom stereocenters. The van der Waals surface area contributed by atoms with Crippen LogP contribution in [0.2, 0.25) is 10.0 Å². The molecule has 0 heterocycles. The number of halogens is 2. The lowest BCUT2D eigenvalue weighted by atomic mass is 10.2. The molecule has 0 saturated heterocycles. The Balaban J connectivity index is 2.35. The van der Waals surface area contributed by atoms with Gasteiger partial charge in [0.2, 0.25) is 6.04 Å².